The Bertz CT molecular complexity index is 777. The number of rotatable bonds is 5. The molecule has 0 aliphatic carbocycles. The monoisotopic (exact) mass is 372 g/mol. The van der Waals surface area contributed by atoms with E-state index in [1.807, 2.05) is 30.3 Å². The van der Waals surface area contributed by atoms with Crippen LogP contribution in [0.25, 0.3) is 0 Å². The van der Waals surface area contributed by atoms with E-state index in [0.717, 1.165) is 47.4 Å². The Morgan fingerprint density at radius 1 is 1.00 bits per heavy atom. The number of thiocarbonyl (C=S) groups is 1. The van der Waals surface area contributed by atoms with Crippen LogP contribution < -0.4 is 19.5 Å². The molecule has 0 radical (unpaired) electrons. The van der Waals surface area contributed by atoms with E-state index >= 15 is 0 Å². The third-order valence-electron chi connectivity index (χ3n) is 4.61. The molecule has 0 fully saturated rings. The van der Waals surface area contributed by atoms with E-state index in [2.05, 4.69) is 16.3 Å². The third kappa shape index (κ3) is 4.02. The van der Waals surface area contributed by atoms with Crippen molar-refractivity contribution in [2.24, 2.45) is 0 Å². The molecular weight excluding hydrogens is 348 g/mol. The fourth-order valence-corrected chi connectivity index (χ4v) is 3.32. The first-order valence-corrected chi connectivity index (χ1v) is 8.95. The lowest BCUT2D eigenvalue weighted by Gasteiger charge is -2.31. The van der Waals surface area contributed by atoms with Crippen LogP contribution in [0.15, 0.2) is 36.4 Å². The molecule has 0 bridgehead atoms. The summed E-state index contributed by atoms with van der Waals surface area (Å²) in [6, 6.07) is 12.1. The van der Waals surface area contributed by atoms with Gasteiger partial charge in [0.05, 0.1) is 21.3 Å². The van der Waals surface area contributed by atoms with Crippen LogP contribution in [0.1, 0.15) is 16.7 Å². The quantitative estimate of drug-likeness (QED) is 0.814. The lowest BCUT2D eigenvalue weighted by atomic mass is 9.99. The standard InChI is InChI=1S/C20H24N2O3S/c1-23-17-6-4-14(5-7-17)12-21-20(26)22-9-8-15-10-18(24-2)19(25-3)11-16(15)13-22/h4-7,10-11H,8-9,12-13H2,1-3H3,(H,21,26). The Morgan fingerprint density at radius 3 is 2.27 bits per heavy atom. The van der Waals surface area contributed by atoms with Crippen LogP contribution in [0, 0.1) is 0 Å². The Kier molecular flexibility index (Phi) is 5.83. The molecule has 2 aromatic carbocycles. The number of hydrogen-bond donors (Lipinski definition) is 1. The second-order valence-electron chi connectivity index (χ2n) is 6.15. The summed E-state index contributed by atoms with van der Waals surface area (Å²) < 4.78 is 16.0. The van der Waals surface area contributed by atoms with Crippen LogP contribution in [0.2, 0.25) is 0 Å². The van der Waals surface area contributed by atoms with E-state index in [0.29, 0.717) is 6.54 Å². The van der Waals surface area contributed by atoms with Crippen molar-refractivity contribution in [2.45, 2.75) is 19.5 Å². The van der Waals surface area contributed by atoms with E-state index in [1.54, 1.807) is 21.3 Å². The second-order valence-corrected chi connectivity index (χ2v) is 6.54. The highest BCUT2D eigenvalue weighted by atomic mass is 32.1. The first-order chi connectivity index (χ1) is 12.6. The molecule has 26 heavy (non-hydrogen) atoms. The van der Waals surface area contributed by atoms with Gasteiger partial charge in [0.2, 0.25) is 0 Å². The van der Waals surface area contributed by atoms with Gasteiger partial charge in [0.25, 0.3) is 0 Å². The van der Waals surface area contributed by atoms with Crippen LogP contribution in [0.5, 0.6) is 17.2 Å². The van der Waals surface area contributed by atoms with Gasteiger partial charge >= 0.3 is 0 Å². The number of ether oxygens (including phenoxy) is 3. The number of fused-ring (bicyclic) bond motifs is 1. The summed E-state index contributed by atoms with van der Waals surface area (Å²) in [5, 5.41) is 4.11. The SMILES string of the molecule is COc1ccc(CNC(=S)N2CCc3cc(OC)c(OC)cc3C2)cc1. The van der Waals surface area contributed by atoms with Gasteiger partial charge in [0, 0.05) is 19.6 Å². The van der Waals surface area contributed by atoms with Gasteiger partial charge in [-0.1, -0.05) is 12.1 Å². The molecule has 6 heteroatoms. The van der Waals surface area contributed by atoms with Crippen molar-refractivity contribution in [3.8, 4) is 17.2 Å². The Labute approximate surface area is 159 Å². The Morgan fingerprint density at radius 2 is 1.65 bits per heavy atom. The minimum Gasteiger partial charge on any atom is -0.497 e. The largest absolute Gasteiger partial charge is 0.497 e. The minimum absolute atomic E-state index is 0.693. The zero-order valence-corrected chi connectivity index (χ0v) is 16.2. The van der Waals surface area contributed by atoms with Crippen LogP contribution >= 0.6 is 12.2 Å². The van der Waals surface area contributed by atoms with Crippen LogP contribution in [-0.2, 0) is 19.5 Å². The molecule has 0 unspecified atom stereocenters. The molecule has 0 spiro atoms. The van der Waals surface area contributed by atoms with Gasteiger partial charge in [0.15, 0.2) is 16.6 Å². The fraction of sp³-hybridized carbons (Fsp3) is 0.350. The van der Waals surface area contributed by atoms with Gasteiger partial charge in [-0.15, -0.1) is 0 Å². The third-order valence-corrected chi connectivity index (χ3v) is 5.01. The summed E-state index contributed by atoms with van der Waals surface area (Å²) >= 11 is 5.59. The summed E-state index contributed by atoms with van der Waals surface area (Å²) in [6.07, 6.45) is 0.931. The summed E-state index contributed by atoms with van der Waals surface area (Å²) in [7, 11) is 4.99. The van der Waals surface area contributed by atoms with Gasteiger partial charge in [-0.2, -0.15) is 0 Å². The van der Waals surface area contributed by atoms with Gasteiger partial charge in [-0.3, -0.25) is 0 Å². The smallest absolute Gasteiger partial charge is 0.169 e. The Hall–Kier alpha value is -2.47. The molecule has 1 aliphatic rings. The molecule has 0 amide bonds. The Balaban J connectivity index is 1.63. The average molecular weight is 372 g/mol. The number of hydrogen-bond acceptors (Lipinski definition) is 4. The molecule has 0 aromatic heterocycles. The zero-order valence-electron chi connectivity index (χ0n) is 15.4. The predicted molar refractivity (Wildman–Crippen MR) is 106 cm³/mol. The fourth-order valence-electron chi connectivity index (χ4n) is 3.09. The molecule has 1 heterocycles. The summed E-state index contributed by atoms with van der Waals surface area (Å²) in [5.41, 5.74) is 3.68. The van der Waals surface area contributed by atoms with E-state index in [1.165, 1.54) is 11.1 Å². The maximum Gasteiger partial charge on any atom is 0.169 e. The molecular formula is C20H24N2O3S. The second kappa shape index (κ2) is 8.27. The van der Waals surface area contributed by atoms with Crippen LogP contribution in [-0.4, -0.2) is 37.9 Å². The molecule has 1 N–H and O–H groups in total. The molecule has 0 atom stereocenters. The highest BCUT2D eigenvalue weighted by Gasteiger charge is 2.21. The van der Waals surface area contributed by atoms with Crippen molar-refractivity contribution in [2.75, 3.05) is 27.9 Å². The zero-order chi connectivity index (χ0) is 18.5. The molecule has 138 valence electrons. The molecule has 0 saturated heterocycles. The molecule has 0 saturated carbocycles. The predicted octanol–water partition coefficient (Wildman–Crippen LogP) is 3.15. The lowest BCUT2D eigenvalue weighted by molar-refractivity contribution is 0.347. The van der Waals surface area contributed by atoms with E-state index in [9.17, 15) is 0 Å². The van der Waals surface area contributed by atoms with Crippen molar-refractivity contribution >= 4 is 17.3 Å². The number of nitrogens with one attached hydrogen (secondary N) is 1. The first-order valence-electron chi connectivity index (χ1n) is 8.54. The number of benzene rings is 2. The summed E-state index contributed by atoms with van der Waals surface area (Å²) in [5.74, 6) is 2.39. The van der Waals surface area contributed by atoms with E-state index in [-0.39, 0.29) is 0 Å². The van der Waals surface area contributed by atoms with Crippen molar-refractivity contribution in [1.29, 1.82) is 0 Å². The molecule has 5 nitrogen and oxygen atoms in total. The highest BCUT2D eigenvalue weighted by Crippen LogP contribution is 2.33. The van der Waals surface area contributed by atoms with Gasteiger partial charge < -0.3 is 24.4 Å². The first kappa shape index (κ1) is 18.3. The van der Waals surface area contributed by atoms with Crippen LogP contribution in [0.3, 0.4) is 0 Å². The molecule has 2 aromatic rings. The van der Waals surface area contributed by atoms with Crippen molar-refractivity contribution in [3.63, 3.8) is 0 Å². The van der Waals surface area contributed by atoms with E-state index < -0.39 is 0 Å². The topological polar surface area (TPSA) is 43.0 Å². The molecule has 3 rings (SSSR count). The number of methoxy groups -OCH3 is 3. The highest BCUT2D eigenvalue weighted by molar-refractivity contribution is 7.80. The van der Waals surface area contributed by atoms with Gasteiger partial charge in [0.1, 0.15) is 5.75 Å². The number of nitrogens with zero attached hydrogens (tertiary/aromatic N) is 1. The summed E-state index contributed by atoms with van der Waals surface area (Å²) in [4.78, 5) is 2.19. The maximum absolute atomic E-state index is 5.59. The molecule has 1 aliphatic heterocycles. The summed E-state index contributed by atoms with van der Waals surface area (Å²) in [6.45, 7) is 2.35. The van der Waals surface area contributed by atoms with E-state index in [4.69, 9.17) is 26.4 Å². The van der Waals surface area contributed by atoms with Gasteiger partial charge in [-0.25, -0.2) is 0 Å². The van der Waals surface area contributed by atoms with Crippen molar-refractivity contribution in [1.82, 2.24) is 10.2 Å². The normalized spacial score (nSPS) is 13.0. The van der Waals surface area contributed by atoms with Crippen molar-refractivity contribution in [3.05, 3.63) is 53.1 Å². The average Bonchev–Trinajstić information content (AvgIpc) is 2.70. The maximum atomic E-state index is 5.59. The van der Waals surface area contributed by atoms with Gasteiger partial charge in [-0.05, 0) is 59.6 Å². The lowest BCUT2D eigenvalue weighted by Crippen LogP contribution is -2.42. The van der Waals surface area contributed by atoms with Crippen molar-refractivity contribution < 1.29 is 14.2 Å². The minimum atomic E-state index is 0.693. The van der Waals surface area contributed by atoms with Crippen LogP contribution in [0.4, 0.5) is 0 Å².